The predicted molar refractivity (Wildman–Crippen MR) is 96.2 cm³/mol. The molecular weight excluding hydrogens is 316 g/mol. The first-order valence-electron chi connectivity index (χ1n) is 9.93. The zero-order chi connectivity index (χ0) is 17.6. The van der Waals surface area contributed by atoms with Crippen LogP contribution in [0.15, 0.2) is 4.79 Å². The van der Waals surface area contributed by atoms with E-state index >= 15 is 0 Å². The predicted octanol–water partition coefficient (Wildman–Crippen LogP) is 3.36. The Morgan fingerprint density at radius 3 is 2.44 bits per heavy atom. The van der Waals surface area contributed by atoms with Crippen molar-refractivity contribution in [2.24, 2.45) is 5.92 Å². The van der Waals surface area contributed by atoms with Gasteiger partial charge in [0.15, 0.2) is 5.69 Å². The Bertz CT molecular complexity index is 631. The summed E-state index contributed by atoms with van der Waals surface area (Å²) in [5.74, 6) is 1.55. The molecule has 1 amide bonds. The monoisotopic (exact) mass is 346 g/mol. The molecule has 2 fully saturated rings. The number of rotatable bonds is 6. The molecule has 3 rings (SSSR count). The van der Waals surface area contributed by atoms with E-state index in [0.29, 0.717) is 36.2 Å². The second kappa shape index (κ2) is 8.59. The molecule has 1 heterocycles. The Balaban J connectivity index is 1.63. The van der Waals surface area contributed by atoms with E-state index in [1.165, 1.54) is 32.1 Å². The van der Waals surface area contributed by atoms with Gasteiger partial charge in [0.1, 0.15) is 5.82 Å². The quantitative estimate of drug-likeness (QED) is 0.827. The number of nitrogens with one attached hydrogen (secondary N) is 2. The lowest BCUT2D eigenvalue weighted by atomic mass is 9.87. The molecule has 1 aromatic heterocycles. The van der Waals surface area contributed by atoms with Gasteiger partial charge in [-0.1, -0.05) is 39.0 Å². The van der Waals surface area contributed by atoms with Crippen LogP contribution < -0.4 is 10.9 Å². The van der Waals surface area contributed by atoms with Gasteiger partial charge >= 0.3 is 0 Å². The average Bonchev–Trinajstić information content (AvgIpc) is 3.15. The van der Waals surface area contributed by atoms with E-state index in [4.69, 9.17) is 0 Å². The van der Waals surface area contributed by atoms with Gasteiger partial charge in [0.2, 0.25) is 5.91 Å². The van der Waals surface area contributed by atoms with Crippen LogP contribution in [0, 0.1) is 5.92 Å². The van der Waals surface area contributed by atoms with Crippen LogP contribution in [0.2, 0.25) is 0 Å². The maximum absolute atomic E-state index is 12.5. The fourth-order valence-electron chi connectivity index (χ4n) is 4.24. The highest BCUT2D eigenvalue weighted by atomic mass is 16.2. The van der Waals surface area contributed by atoms with E-state index in [2.05, 4.69) is 20.5 Å². The van der Waals surface area contributed by atoms with Crippen LogP contribution in [0.3, 0.4) is 0 Å². The Morgan fingerprint density at radius 2 is 1.80 bits per heavy atom. The molecule has 0 aromatic carbocycles. The number of aromatic nitrogens is 3. The van der Waals surface area contributed by atoms with Crippen molar-refractivity contribution in [1.82, 2.24) is 20.5 Å². The fourth-order valence-corrected chi connectivity index (χ4v) is 4.24. The van der Waals surface area contributed by atoms with Crippen molar-refractivity contribution in [3.63, 3.8) is 0 Å². The minimum atomic E-state index is -0.357. The van der Waals surface area contributed by atoms with Crippen LogP contribution in [0.25, 0.3) is 0 Å². The maximum Gasteiger partial charge on any atom is 0.275 e. The molecule has 1 unspecified atom stereocenters. The zero-order valence-electron chi connectivity index (χ0n) is 15.2. The standard InChI is InChI=1S/C19H30N4O2/c1-2-15(20-16(24)12-13-8-4-3-5-9-13)17-19(25)21-18(23-22-17)14-10-6-7-11-14/h13-15H,2-12H2,1H3,(H,20,24)(H,21,23,25). The molecule has 0 radical (unpaired) electrons. The van der Waals surface area contributed by atoms with Crippen molar-refractivity contribution in [3.8, 4) is 0 Å². The number of nitrogens with zero attached hydrogens (tertiary/aromatic N) is 2. The van der Waals surface area contributed by atoms with E-state index in [1.807, 2.05) is 6.92 Å². The summed E-state index contributed by atoms with van der Waals surface area (Å²) in [5, 5.41) is 11.4. The number of amides is 1. The number of hydrogen-bond donors (Lipinski definition) is 2. The first-order chi connectivity index (χ1) is 12.2. The molecule has 1 atom stereocenters. The summed E-state index contributed by atoms with van der Waals surface area (Å²) in [6.45, 7) is 1.96. The van der Waals surface area contributed by atoms with Crippen molar-refractivity contribution < 1.29 is 4.79 Å². The number of carbonyl (C=O) groups is 1. The molecule has 6 nitrogen and oxygen atoms in total. The van der Waals surface area contributed by atoms with Gasteiger partial charge in [-0.3, -0.25) is 9.59 Å². The number of hydrogen-bond acceptors (Lipinski definition) is 4. The highest BCUT2D eigenvalue weighted by molar-refractivity contribution is 5.76. The Morgan fingerprint density at radius 1 is 1.12 bits per heavy atom. The Hall–Kier alpha value is -1.72. The minimum Gasteiger partial charge on any atom is -0.347 e. The second-order valence-electron chi connectivity index (χ2n) is 7.64. The lowest BCUT2D eigenvalue weighted by molar-refractivity contribution is -0.123. The lowest BCUT2D eigenvalue weighted by Gasteiger charge is -2.22. The van der Waals surface area contributed by atoms with E-state index in [1.54, 1.807) is 0 Å². The molecule has 0 spiro atoms. The summed E-state index contributed by atoms with van der Waals surface area (Å²) in [4.78, 5) is 27.7. The van der Waals surface area contributed by atoms with Crippen molar-refractivity contribution in [3.05, 3.63) is 21.9 Å². The molecule has 25 heavy (non-hydrogen) atoms. The van der Waals surface area contributed by atoms with Crippen LogP contribution in [-0.2, 0) is 4.79 Å². The molecule has 0 bridgehead atoms. The van der Waals surface area contributed by atoms with Crippen LogP contribution in [0.4, 0.5) is 0 Å². The second-order valence-corrected chi connectivity index (χ2v) is 7.64. The van der Waals surface area contributed by atoms with Gasteiger partial charge in [-0.05, 0) is 38.0 Å². The normalized spacial score (nSPS) is 20.5. The van der Waals surface area contributed by atoms with Gasteiger partial charge in [0.25, 0.3) is 5.56 Å². The summed E-state index contributed by atoms with van der Waals surface area (Å²) < 4.78 is 0. The molecule has 2 N–H and O–H groups in total. The molecule has 2 aliphatic rings. The number of H-pyrrole nitrogens is 1. The van der Waals surface area contributed by atoms with Gasteiger partial charge in [-0.2, -0.15) is 0 Å². The lowest BCUT2D eigenvalue weighted by Crippen LogP contribution is -2.35. The minimum absolute atomic E-state index is 0.0276. The molecule has 2 saturated carbocycles. The van der Waals surface area contributed by atoms with Crippen molar-refractivity contribution in [2.75, 3.05) is 0 Å². The van der Waals surface area contributed by atoms with Crippen LogP contribution in [0.5, 0.6) is 0 Å². The largest absolute Gasteiger partial charge is 0.347 e. The maximum atomic E-state index is 12.5. The fraction of sp³-hybridized carbons (Fsp3) is 0.789. The molecule has 138 valence electrons. The highest BCUT2D eigenvalue weighted by Gasteiger charge is 2.24. The summed E-state index contributed by atoms with van der Waals surface area (Å²) in [6.07, 6.45) is 11.7. The van der Waals surface area contributed by atoms with Crippen LogP contribution >= 0.6 is 0 Å². The third-order valence-electron chi connectivity index (χ3n) is 5.75. The molecule has 0 saturated heterocycles. The van der Waals surface area contributed by atoms with E-state index in [9.17, 15) is 9.59 Å². The van der Waals surface area contributed by atoms with Crippen LogP contribution in [0.1, 0.15) is 101 Å². The third kappa shape index (κ3) is 4.67. The summed E-state index contributed by atoms with van der Waals surface area (Å²) in [5.41, 5.74) is 0.128. The Labute approximate surface area is 149 Å². The summed E-state index contributed by atoms with van der Waals surface area (Å²) in [7, 11) is 0. The average molecular weight is 346 g/mol. The van der Waals surface area contributed by atoms with Crippen molar-refractivity contribution in [2.45, 2.75) is 89.5 Å². The smallest absolute Gasteiger partial charge is 0.275 e. The molecule has 1 aromatic rings. The first kappa shape index (κ1) is 18.1. The van der Waals surface area contributed by atoms with Gasteiger partial charge in [-0.25, -0.2) is 0 Å². The van der Waals surface area contributed by atoms with E-state index < -0.39 is 0 Å². The van der Waals surface area contributed by atoms with Gasteiger partial charge in [-0.15, -0.1) is 10.2 Å². The van der Waals surface area contributed by atoms with Gasteiger partial charge < -0.3 is 10.3 Å². The van der Waals surface area contributed by atoms with Crippen molar-refractivity contribution >= 4 is 5.91 Å². The summed E-state index contributed by atoms with van der Waals surface area (Å²) in [6, 6.07) is -0.357. The highest BCUT2D eigenvalue weighted by Crippen LogP contribution is 2.31. The molecule has 2 aliphatic carbocycles. The molecular formula is C19H30N4O2. The zero-order valence-corrected chi connectivity index (χ0v) is 15.2. The molecule has 6 heteroatoms. The van der Waals surface area contributed by atoms with E-state index in [-0.39, 0.29) is 17.5 Å². The topological polar surface area (TPSA) is 87.7 Å². The van der Waals surface area contributed by atoms with Gasteiger partial charge in [0, 0.05) is 12.3 Å². The summed E-state index contributed by atoms with van der Waals surface area (Å²) >= 11 is 0. The first-order valence-corrected chi connectivity index (χ1v) is 9.93. The van der Waals surface area contributed by atoms with Crippen LogP contribution in [-0.4, -0.2) is 21.1 Å². The molecule has 0 aliphatic heterocycles. The SMILES string of the molecule is CCC(NC(=O)CC1CCCCC1)c1nnc(C2CCCC2)[nH]c1=O. The van der Waals surface area contributed by atoms with Crippen molar-refractivity contribution in [1.29, 1.82) is 0 Å². The Kier molecular flexibility index (Phi) is 6.21. The third-order valence-corrected chi connectivity index (χ3v) is 5.75. The van der Waals surface area contributed by atoms with E-state index in [0.717, 1.165) is 25.7 Å². The number of aromatic amines is 1. The number of carbonyl (C=O) groups excluding carboxylic acids is 1. The van der Waals surface area contributed by atoms with Gasteiger partial charge in [0.05, 0.1) is 6.04 Å².